The summed E-state index contributed by atoms with van der Waals surface area (Å²) in [4.78, 5) is 22.6. The van der Waals surface area contributed by atoms with Crippen molar-refractivity contribution in [1.29, 1.82) is 0 Å². The minimum Gasteiger partial charge on any atom is -0.496 e. The highest BCUT2D eigenvalue weighted by Gasteiger charge is 2.22. The molecule has 0 bridgehead atoms. The van der Waals surface area contributed by atoms with E-state index in [1.165, 1.54) is 39.5 Å². The molecule has 0 fully saturated rings. The van der Waals surface area contributed by atoms with Gasteiger partial charge in [-0.15, -0.1) is 12.6 Å². The molecule has 0 heterocycles. The lowest BCUT2D eigenvalue weighted by atomic mass is 9.87. The number of benzene rings is 8. The molecule has 24 heteroatoms. The monoisotopic (exact) mass is 1310 g/mol. The van der Waals surface area contributed by atoms with Gasteiger partial charge in [-0.2, -0.15) is 16.8 Å². The van der Waals surface area contributed by atoms with Gasteiger partial charge >= 0.3 is 10.6 Å². The molecule has 5 N–H and O–H groups in total. The van der Waals surface area contributed by atoms with Crippen molar-refractivity contribution in [1.82, 2.24) is 5.32 Å². The van der Waals surface area contributed by atoms with Crippen LogP contribution in [0.3, 0.4) is 0 Å². The lowest BCUT2D eigenvalue weighted by Crippen LogP contribution is -2.23. The van der Waals surface area contributed by atoms with Crippen LogP contribution < -0.4 is 30.0 Å². The Hall–Kier alpha value is -8.62. The van der Waals surface area contributed by atoms with Crippen LogP contribution in [0.5, 0.6) is 23.0 Å². The van der Waals surface area contributed by atoms with E-state index in [0.717, 1.165) is 85.2 Å². The van der Waals surface area contributed by atoms with Gasteiger partial charge in [0.15, 0.2) is 12.6 Å². The van der Waals surface area contributed by atoms with Gasteiger partial charge in [0.25, 0.3) is 20.2 Å². The van der Waals surface area contributed by atoms with E-state index >= 15 is 8.78 Å². The van der Waals surface area contributed by atoms with Crippen LogP contribution in [0.2, 0.25) is 0 Å². The van der Waals surface area contributed by atoms with Gasteiger partial charge in [-0.05, 0) is 178 Å². The average Bonchev–Trinajstić information content (AvgIpc) is 0.841. The Balaban J connectivity index is 0.000000287. The maximum absolute atomic E-state index is 15.4. The number of nitrogens with two attached hydrogens (primary N) is 1. The summed E-state index contributed by atoms with van der Waals surface area (Å²) in [5.74, 6) is -1.72. The molecule has 8 rings (SSSR count). The molecular weight excluding hydrogens is 1240 g/mol. The predicted molar refractivity (Wildman–Crippen MR) is 343 cm³/mol. The number of aldehydes is 2. The van der Waals surface area contributed by atoms with Crippen molar-refractivity contribution >= 4 is 43.4 Å². The van der Waals surface area contributed by atoms with Crippen molar-refractivity contribution in [2.75, 3.05) is 53.0 Å². The summed E-state index contributed by atoms with van der Waals surface area (Å²) in [6, 6.07) is 35.9. The standard InChI is InChI=1S/C35H39F2NO5S.C30H24F2O4.C2H7NO3S.O3S/c1-6-7-10-30-32(36)17-24(19-34(30)42-4)26-11-8-13-28(22(26)2)29-14-9-12-27(23(29)3)25-18-33(37)31(35(20-25)43-5)21-38-15-16-44(39,40)41;1-17-21(19-11-27(31)25(15-33)29(13-19)35-3)7-5-9-23(17)24-10-6-8-22(18(24)2)20-12-28(32)26(16-34)30(14-20)36-4;3-1-2-7(4,5)6;1-4(2)3/h8-9,11-14,17-20,38H,6-7,10,15-16,21H2,1-5H3,(H,39,40,41);5-16H,1-4H3;1-3H2,(H,4,5,6);. The van der Waals surface area contributed by atoms with Gasteiger partial charge in [0.1, 0.15) is 46.3 Å². The van der Waals surface area contributed by atoms with Crippen molar-refractivity contribution < 1.29 is 84.7 Å². The van der Waals surface area contributed by atoms with E-state index < -0.39 is 54.0 Å². The maximum atomic E-state index is 15.4. The van der Waals surface area contributed by atoms with Crippen LogP contribution >= 0.6 is 0 Å². The first kappa shape index (κ1) is 73.1. The minimum atomic E-state index is -4.12. The highest BCUT2D eigenvalue weighted by Crippen LogP contribution is 2.42. The molecule has 0 saturated carbocycles. The minimum absolute atomic E-state index is 0.0286. The number of carbonyl (C=O) groups is 2. The Morgan fingerprint density at radius 1 is 0.484 bits per heavy atom. The molecule has 0 unspecified atom stereocenters. The molecule has 0 aliphatic carbocycles. The summed E-state index contributed by atoms with van der Waals surface area (Å²) in [6.45, 7) is 9.91. The van der Waals surface area contributed by atoms with E-state index in [-0.39, 0.29) is 59.4 Å². The van der Waals surface area contributed by atoms with Crippen LogP contribution in [0.25, 0.3) is 66.8 Å². The Kier molecular flexibility index (Phi) is 26.9. The molecule has 0 aliphatic heterocycles. The van der Waals surface area contributed by atoms with Crippen LogP contribution in [0.4, 0.5) is 17.6 Å². The lowest BCUT2D eigenvalue weighted by molar-refractivity contribution is 0.110. The highest BCUT2D eigenvalue weighted by molar-refractivity contribution is 7.86. The average molecular weight is 1320 g/mol. The molecule has 0 spiro atoms. The first-order valence-electron chi connectivity index (χ1n) is 28.0. The Morgan fingerprint density at radius 2 is 0.780 bits per heavy atom. The van der Waals surface area contributed by atoms with Crippen molar-refractivity contribution in [2.24, 2.45) is 5.73 Å². The zero-order valence-corrected chi connectivity index (χ0v) is 53.8. The largest absolute Gasteiger partial charge is 0.496 e. The maximum Gasteiger partial charge on any atom is 0.425 e. The van der Waals surface area contributed by atoms with Gasteiger partial charge in [-0.1, -0.05) is 86.1 Å². The lowest BCUT2D eigenvalue weighted by Gasteiger charge is -2.18. The van der Waals surface area contributed by atoms with Crippen LogP contribution in [0.1, 0.15) is 73.9 Å². The number of hydrogen-bond acceptors (Lipinski definition) is 15. The zero-order valence-electron chi connectivity index (χ0n) is 51.4. The number of ether oxygens (including phenoxy) is 4. The van der Waals surface area contributed by atoms with Crippen molar-refractivity contribution in [3.8, 4) is 89.8 Å². The Labute approximate surface area is 528 Å². The fraction of sp³-hybridized carbons (Fsp3) is 0.254. The van der Waals surface area contributed by atoms with E-state index in [1.54, 1.807) is 31.4 Å². The smallest absolute Gasteiger partial charge is 0.425 e. The molecule has 0 radical (unpaired) electrons. The first-order chi connectivity index (χ1) is 43.1. The summed E-state index contributed by atoms with van der Waals surface area (Å²) in [5, 5.41) is 2.83. The molecular formula is C67H70F4N2O15S3. The second kappa shape index (κ2) is 33.4. The normalized spacial score (nSPS) is 11.0. The molecule has 0 aromatic heterocycles. The molecule has 0 amide bonds. The topological polar surface area (TPSA) is 269 Å². The molecule has 484 valence electrons. The second-order valence-corrected chi connectivity index (χ2v) is 24.0. The van der Waals surface area contributed by atoms with E-state index in [0.29, 0.717) is 52.7 Å². The van der Waals surface area contributed by atoms with Crippen molar-refractivity contribution in [3.63, 3.8) is 0 Å². The van der Waals surface area contributed by atoms with Crippen LogP contribution in [0.15, 0.2) is 121 Å². The SMILES string of the molecule is CCCCc1c(F)cc(-c2cccc(-c3cccc(-c4cc(F)c(CNCCS(=O)(=O)O)c(OC)c4)c3C)c2C)cc1OC.COc1cc(-c2cccc(-c3cccc(-c4cc(F)c(C=O)c(OC)c4)c3C)c2C)cc(F)c1C=O.NCCS(=O)(=O)O.O=S(=O)=O. The Bertz CT molecular complexity index is 4180. The van der Waals surface area contributed by atoms with Gasteiger partial charge in [0.2, 0.25) is 0 Å². The van der Waals surface area contributed by atoms with Crippen molar-refractivity contribution in [2.45, 2.75) is 60.4 Å². The molecule has 17 nitrogen and oxygen atoms in total. The molecule has 91 heavy (non-hydrogen) atoms. The summed E-state index contributed by atoms with van der Waals surface area (Å²) < 4.78 is 165. The van der Waals surface area contributed by atoms with Crippen LogP contribution in [0, 0.1) is 51.0 Å². The van der Waals surface area contributed by atoms with Gasteiger partial charge in [0, 0.05) is 30.8 Å². The molecule has 0 aliphatic rings. The predicted octanol–water partition coefficient (Wildman–Crippen LogP) is 13.0. The quantitative estimate of drug-likeness (QED) is 0.0212. The number of rotatable bonds is 22. The number of hydrogen-bond donors (Lipinski definition) is 4. The molecule has 0 atom stereocenters. The summed E-state index contributed by atoms with van der Waals surface area (Å²) in [5.41, 5.74) is 18.7. The number of methoxy groups -OCH3 is 4. The van der Waals surface area contributed by atoms with Crippen molar-refractivity contribution in [3.05, 3.63) is 189 Å². The third-order valence-electron chi connectivity index (χ3n) is 14.8. The van der Waals surface area contributed by atoms with Gasteiger partial charge < -0.3 is 30.0 Å². The van der Waals surface area contributed by atoms with E-state index in [9.17, 15) is 35.2 Å². The molecule has 0 saturated heterocycles. The highest BCUT2D eigenvalue weighted by atomic mass is 32.2. The van der Waals surface area contributed by atoms with E-state index in [1.807, 2.05) is 107 Å². The number of halogens is 4. The summed E-state index contributed by atoms with van der Waals surface area (Å²) in [7, 11) is -5.23. The zero-order chi connectivity index (χ0) is 67.5. The van der Waals surface area contributed by atoms with Crippen LogP contribution in [-0.4, -0.2) is 104 Å². The molecule has 8 aromatic rings. The Morgan fingerprint density at radius 3 is 1.07 bits per heavy atom. The fourth-order valence-electron chi connectivity index (χ4n) is 10.3. The third-order valence-corrected chi connectivity index (χ3v) is 16.2. The fourth-order valence-corrected chi connectivity index (χ4v) is 11.0. The molecule has 8 aromatic carbocycles. The van der Waals surface area contributed by atoms with E-state index in [4.69, 9.17) is 46.4 Å². The van der Waals surface area contributed by atoms with Crippen LogP contribution in [-0.2, 0) is 43.8 Å². The summed E-state index contributed by atoms with van der Waals surface area (Å²) >= 11 is 0. The van der Waals surface area contributed by atoms with Gasteiger partial charge in [-0.3, -0.25) is 18.7 Å². The number of nitrogens with one attached hydrogen (secondary N) is 1. The van der Waals surface area contributed by atoms with Gasteiger partial charge in [0.05, 0.1) is 51.1 Å². The second-order valence-electron chi connectivity index (χ2n) is 20.4. The van der Waals surface area contributed by atoms with Gasteiger partial charge in [-0.25, -0.2) is 17.6 Å². The third kappa shape index (κ3) is 19.2. The number of unbranched alkanes of at least 4 members (excludes halogenated alkanes) is 1. The number of carbonyl (C=O) groups excluding carboxylic acids is 2. The summed E-state index contributed by atoms with van der Waals surface area (Å²) in [6.07, 6.45) is 3.34. The van der Waals surface area contributed by atoms with E-state index in [2.05, 4.69) is 12.2 Å². The first-order valence-corrected chi connectivity index (χ1v) is 32.2.